The van der Waals surface area contributed by atoms with Gasteiger partial charge in [0, 0.05) is 10.0 Å². The van der Waals surface area contributed by atoms with E-state index in [-0.39, 0.29) is 18.4 Å². The molecule has 7 heteroatoms. The second kappa shape index (κ2) is 7.35. The van der Waals surface area contributed by atoms with Gasteiger partial charge in [0.15, 0.2) is 11.5 Å². The molecule has 2 heterocycles. The van der Waals surface area contributed by atoms with Crippen molar-refractivity contribution >= 4 is 39.4 Å². The number of rotatable bonds is 3. The molecule has 6 nitrogen and oxygen atoms in total. The molecule has 0 saturated heterocycles. The molecule has 0 aromatic heterocycles. The molecule has 3 aromatic rings. The van der Waals surface area contributed by atoms with E-state index in [0.29, 0.717) is 28.7 Å². The fraction of sp³-hybridized carbons (Fsp3) is 0.0435. The minimum absolute atomic E-state index is 0.126. The van der Waals surface area contributed by atoms with Crippen LogP contribution in [0.25, 0.3) is 6.08 Å². The third-order valence-corrected chi connectivity index (χ3v) is 5.47. The SMILES string of the molecule is O=C1/C(=C\c2ccc3c(c2)OCO3)N=C(c2ccccc2Br)N1c1ccc(O)cc1. The summed E-state index contributed by atoms with van der Waals surface area (Å²) in [4.78, 5) is 19.5. The summed E-state index contributed by atoms with van der Waals surface area (Å²) in [5.41, 5.74) is 2.48. The Morgan fingerprint density at radius 2 is 1.77 bits per heavy atom. The molecule has 148 valence electrons. The summed E-state index contributed by atoms with van der Waals surface area (Å²) in [6.45, 7) is 0.188. The van der Waals surface area contributed by atoms with Crippen molar-refractivity contribution in [3.05, 3.63) is 88.0 Å². The number of benzene rings is 3. The maximum absolute atomic E-state index is 13.3. The standard InChI is InChI=1S/C23H15BrN2O4/c24-18-4-2-1-3-17(18)22-25-19(11-14-5-10-20-21(12-14)30-13-29-20)23(28)26(22)15-6-8-16(27)9-7-15/h1-12,27H,13H2/b19-11+. The largest absolute Gasteiger partial charge is 0.508 e. The van der Waals surface area contributed by atoms with Gasteiger partial charge in [-0.15, -0.1) is 0 Å². The molecule has 30 heavy (non-hydrogen) atoms. The quantitative estimate of drug-likeness (QED) is 0.571. The van der Waals surface area contributed by atoms with Gasteiger partial charge in [0.2, 0.25) is 6.79 Å². The highest BCUT2D eigenvalue weighted by atomic mass is 79.9. The van der Waals surface area contributed by atoms with E-state index in [2.05, 4.69) is 20.9 Å². The van der Waals surface area contributed by atoms with Gasteiger partial charge in [0.05, 0.1) is 5.69 Å². The van der Waals surface area contributed by atoms with E-state index >= 15 is 0 Å². The molecule has 2 aliphatic rings. The molecule has 3 aromatic carbocycles. The number of hydrogen-bond acceptors (Lipinski definition) is 5. The van der Waals surface area contributed by atoms with Crippen molar-refractivity contribution in [2.24, 2.45) is 4.99 Å². The van der Waals surface area contributed by atoms with Crippen molar-refractivity contribution in [1.29, 1.82) is 0 Å². The number of amides is 1. The van der Waals surface area contributed by atoms with Gasteiger partial charge in [-0.1, -0.05) is 40.2 Å². The van der Waals surface area contributed by atoms with Crippen molar-refractivity contribution in [2.75, 3.05) is 11.7 Å². The smallest absolute Gasteiger partial charge is 0.282 e. The lowest BCUT2D eigenvalue weighted by Crippen LogP contribution is -2.32. The van der Waals surface area contributed by atoms with Crippen molar-refractivity contribution < 1.29 is 19.4 Å². The Morgan fingerprint density at radius 1 is 1.00 bits per heavy atom. The summed E-state index contributed by atoms with van der Waals surface area (Å²) >= 11 is 3.55. The van der Waals surface area contributed by atoms with Gasteiger partial charge in [-0.05, 0) is 54.1 Å². The molecule has 1 N–H and O–H groups in total. The van der Waals surface area contributed by atoms with Crippen LogP contribution in [0, 0.1) is 0 Å². The van der Waals surface area contributed by atoms with Gasteiger partial charge in [0.1, 0.15) is 17.3 Å². The monoisotopic (exact) mass is 462 g/mol. The maximum Gasteiger partial charge on any atom is 0.282 e. The number of halogens is 1. The van der Waals surface area contributed by atoms with Gasteiger partial charge in [-0.3, -0.25) is 9.69 Å². The number of aromatic hydroxyl groups is 1. The number of carbonyl (C=O) groups is 1. The second-order valence-electron chi connectivity index (χ2n) is 6.71. The molecule has 0 atom stereocenters. The Balaban J connectivity index is 1.61. The number of phenolic OH excluding ortho intramolecular Hbond substituents is 1. The zero-order chi connectivity index (χ0) is 20.7. The van der Waals surface area contributed by atoms with Crippen molar-refractivity contribution in [2.45, 2.75) is 0 Å². The first-order valence-electron chi connectivity index (χ1n) is 9.18. The first-order chi connectivity index (χ1) is 14.6. The van der Waals surface area contributed by atoms with Gasteiger partial charge >= 0.3 is 0 Å². The van der Waals surface area contributed by atoms with Gasteiger partial charge < -0.3 is 14.6 Å². The van der Waals surface area contributed by atoms with E-state index < -0.39 is 0 Å². The summed E-state index contributed by atoms with van der Waals surface area (Å²) in [6.07, 6.45) is 1.72. The minimum atomic E-state index is -0.260. The van der Waals surface area contributed by atoms with Crippen molar-refractivity contribution in [1.82, 2.24) is 0 Å². The predicted molar refractivity (Wildman–Crippen MR) is 117 cm³/mol. The average Bonchev–Trinajstić information content (AvgIpc) is 3.34. The highest BCUT2D eigenvalue weighted by Crippen LogP contribution is 2.35. The van der Waals surface area contributed by atoms with Gasteiger partial charge in [-0.25, -0.2) is 4.99 Å². The molecular weight excluding hydrogens is 448 g/mol. The third-order valence-electron chi connectivity index (χ3n) is 4.78. The first kappa shape index (κ1) is 18.4. The Labute approximate surface area is 180 Å². The predicted octanol–water partition coefficient (Wildman–Crippen LogP) is 4.72. The fourth-order valence-electron chi connectivity index (χ4n) is 3.34. The molecule has 0 saturated carbocycles. The van der Waals surface area contributed by atoms with Crippen LogP contribution in [0.4, 0.5) is 5.69 Å². The highest BCUT2D eigenvalue weighted by Gasteiger charge is 2.33. The topological polar surface area (TPSA) is 71.4 Å². The summed E-state index contributed by atoms with van der Waals surface area (Å²) in [6, 6.07) is 19.5. The average molecular weight is 463 g/mol. The second-order valence-corrected chi connectivity index (χ2v) is 7.57. The van der Waals surface area contributed by atoms with Gasteiger partial charge in [0.25, 0.3) is 5.91 Å². The molecule has 0 spiro atoms. The number of phenols is 1. The Kier molecular flexibility index (Phi) is 4.52. The number of ether oxygens (including phenoxy) is 2. The molecule has 5 rings (SSSR count). The fourth-order valence-corrected chi connectivity index (χ4v) is 3.80. The molecule has 0 unspecified atom stereocenters. The normalized spacial score (nSPS) is 16.3. The number of aliphatic imine (C=N–C) groups is 1. The number of fused-ring (bicyclic) bond motifs is 1. The van der Waals surface area contributed by atoms with Crippen LogP contribution in [0.15, 0.2) is 81.9 Å². The molecular formula is C23H15BrN2O4. The summed E-state index contributed by atoms with van der Waals surface area (Å²) in [5.74, 6) is 1.69. The Hall–Kier alpha value is -3.58. The molecule has 0 fully saturated rings. The van der Waals surface area contributed by atoms with Crippen LogP contribution < -0.4 is 14.4 Å². The number of nitrogens with zero attached hydrogens (tertiary/aromatic N) is 2. The minimum Gasteiger partial charge on any atom is -0.508 e. The zero-order valence-corrected chi connectivity index (χ0v) is 17.2. The Bertz CT molecular complexity index is 1220. The van der Waals surface area contributed by atoms with E-state index in [0.717, 1.165) is 15.6 Å². The van der Waals surface area contributed by atoms with E-state index in [1.54, 1.807) is 35.2 Å². The molecule has 0 bridgehead atoms. The Morgan fingerprint density at radius 3 is 2.57 bits per heavy atom. The van der Waals surface area contributed by atoms with E-state index in [1.165, 1.54) is 0 Å². The molecule has 2 aliphatic heterocycles. The van der Waals surface area contributed by atoms with Crippen molar-refractivity contribution in [3.8, 4) is 17.2 Å². The van der Waals surface area contributed by atoms with Crippen molar-refractivity contribution in [3.63, 3.8) is 0 Å². The molecule has 0 radical (unpaired) electrons. The lowest BCUT2D eigenvalue weighted by atomic mass is 10.1. The van der Waals surface area contributed by atoms with Crippen LogP contribution in [-0.2, 0) is 4.79 Å². The summed E-state index contributed by atoms with van der Waals surface area (Å²) < 4.78 is 11.6. The summed E-state index contributed by atoms with van der Waals surface area (Å²) in [5, 5.41) is 9.64. The number of hydrogen-bond donors (Lipinski definition) is 1. The zero-order valence-electron chi connectivity index (χ0n) is 15.6. The maximum atomic E-state index is 13.3. The highest BCUT2D eigenvalue weighted by molar-refractivity contribution is 9.10. The van der Waals surface area contributed by atoms with Crippen LogP contribution in [0.3, 0.4) is 0 Å². The molecule has 0 aliphatic carbocycles. The number of carbonyl (C=O) groups excluding carboxylic acids is 1. The molecule has 1 amide bonds. The van der Waals surface area contributed by atoms with Crippen LogP contribution in [0.5, 0.6) is 17.2 Å². The van der Waals surface area contributed by atoms with E-state index in [9.17, 15) is 9.90 Å². The van der Waals surface area contributed by atoms with E-state index in [1.807, 2.05) is 42.5 Å². The first-order valence-corrected chi connectivity index (χ1v) is 9.98. The van der Waals surface area contributed by atoms with Crippen LogP contribution >= 0.6 is 15.9 Å². The number of anilines is 1. The number of amidine groups is 1. The lowest BCUT2D eigenvalue weighted by molar-refractivity contribution is -0.113. The van der Waals surface area contributed by atoms with Crippen LogP contribution in [-0.4, -0.2) is 23.6 Å². The lowest BCUT2D eigenvalue weighted by Gasteiger charge is -2.19. The van der Waals surface area contributed by atoms with Crippen LogP contribution in [0.2, 0.25) is 0 Å². The summed E-state index contributed by atoms with van der Waals surface area (Å²) in [7, 11) is 0. The van der Waals surface area contributed by atoms with Crippen LogP contribution in [0.1, 0.15) is 11.1 Å². The van der Waals surface area contributed by atoms with Gasteiger partial charge in [-0.2, -0.15) is 0 Å². The van der Waals surface area contributed by atoms with E-state index in [4.69, 9.17) is 9.47 Å². The third kappa shape index (κ3) is 3.23.